The van der Waals surface area contributed by atoms with Crippen LogP contribution < -0.4 is 10.6 Å². The first-order valence-electron chi connectivity index (χ1n) is 6.61. The topological polar surface area (TPSA) is 41.1 Å². The Bertz CT molecular complexity index is 447. The molecule has 0 bridgehead atoms. The first-order chi connectivity index (χ1) is 9.16. The molecule has 1 aromatic rings. The smallest absolute Gasteiger partial charge is 0.252 e. The van der Waals surface area contributed by atoms with Gasteiger partial charge >= 0.3 is 0 Å². The summed E-state index contributed by atoms with van der Waals surface area (Å²) in [5.74, 6) is 0.571. The summed E-state index contributed by atoms with van der Waals surface area (Å²) in [6, 6.07) is 5.30. The van der Waals surface area contributed by atoms with Gasteiger partial charge < -0.3 is 10.6 Å². The van der Waals surface area contributed by atoms with Crippen molar-refractivity contribution in [2.75, 3.05) is 19.6 Å². The number of hydrogen-bond donors (Lipinski definition) is 2. The van der Waals surface area contributed by atoms with E-state index in [-0.39, 0.29) is 5.91 Å². The van der Waals surface area contributed by atoms with E-state index in [1.807, 2.05) is 6.07 Å². The van der Waals surface area contributed by atoms with Gasteiger partial charge in [0.1, 0.15) is 0 Å². The molecule has 1 aliphatic rings. The second-order valence-corrected chi connectivity index (χ2v) is 6.20. The Hall–Kier alpha value is -0.580. The molecular formula is C14H18BrClN2O. The van der Waals surface area contributed by atoms with Gasteiger partial charge in [-0.25, -0.2) is 0 Å². The van der Waals surface area contributed by atoms with Gasteiger partial charge in [-0.05, 0) is 56.5 Å². The molecule has 0 saturated carbocycles. The maximum atomic E-state index is 12.0. The van der Waals surface area contributed by atoms with Crippen LogP contribution >= 0.6 is 27.5 Å². The minimum atomic E-state index is -0.102. The Kier molecular flexibility index (Phi) is 5.67. The van der Waals surface area contributed by atoms with E-state index in [4.69, 9.17) is 11.6 Å². The lowest BCUT2D eigenvalue weighted by Crippen LogP contribution is -2.33. The second-order valence-electron chi connectivity index (χ2n) is 4.88. The Morgan fingerprint density at radius 3 is 3.11 bits per heavy atom. The van der Waals surface area contributed by atoms with Gasteiger partial charge in [-0.2, -0.15) is 0 Å². The summed E-state index contributed by atoms with van der Waals surface area (Å²) in [6.45, 7) is 2.89. The van der Waals surface area contributed by atoms with Crippen LogP contribution in [0, 0.1) is 5.92 Å². The van der Waals surface area contributed by atoms with Crippen molar-refractivity contribution in [3.63, 3.8) is 0 Å². The summed E-state index contributed by atoms with van der Waals surface area (Å²) >= 11 is 9.38. The summed E-state index contributed by atoms with van der Waals surface area (Å²) < 4.78 is 0.860. The Labute approximate surface area is 127 Å². The fraction of sp³-hybridized carbons (Fsp3) is 0.500. The number of rotatable bonds is 4. The number of nitrogens with one attached hydrogen (secondary N) is 2. The van der Waals surface area contributed by atoms with Crippen LogP contribution in [0.5, 0.6) is 0 Å². The third kappa shape index (κ3) is 4.48. The Balaban J connectivity index is 1.82. The number of carbonyl (C=O) groups is 1. The van der Waals surface area contributed by atoms with E-state index in [0.717, 1.165) is 24.0 Å². The minimum absolute atomic E-state index is 0.102. The van der Waals surface area contributed by atoms with Crippen molar-refractivity contribution in [2.24, 2.45) is 5.92 Å². The SMILES string of the molecule is O=C(NCCC1CCCNC1)c1cc(Br)ccc1Cl. The van der Waals surface area contributed by atoms with Crippen molar-refractivity contribution in [3.05, 3.63) is 33.3 Å². The molecular weight excluding hydrogens is 328 g/mol. The zero-order chi connectivity index (χ0) is 13.7. The summed E-state index contributed by atoms with van der Waals surface area (Å²) in [5.41, 5.74) is 0.526. The van der Waals surface area contributed by atoms with Crippen LogP contribution in [0.1, 0.15) is 29.6 Å². The first kappa shape index (κ1) is 14.8. The average Bonchev–Trinajstić information content (AvgIpc) is 2.42. The molecule has 2 rings (SSSR count). The highest BCUT2D eigenvalue weighted by molar-refractivity contribution is 9.10. The van der Waals surface area contributed by atoms with E-state index >= 15 is 0 Å². The van der Waals surface area contributed by atoms with E-state index in [1.54, 1.807) is 12.1 Å². The van der Waals surface area contributed by atoms with Crippen LogP contribution in [0.25, 0.3) is 0 Å². The summed E-state index contributed by atoms with van der Waals surface area (Å²) in [4.78, 5) is 12.0. The lowest BCUT2D eigenvalue weighted by molar-refractivity contribution is 0.0950. The van der Waals surface area contributed by atoms with Gasteiger partial charge in [-0.1, -0.05) is 27.5 Å². The van der Waals surface area contributed by atoms with E-state index in [1.165, 1.54) is 12.8 Å². The molecule has 0 spiro atoms. The van der Waals surface area contributed by atoms with Crippen LogP contribution in [0.3, 0.4) is 0 Å². The molecule has 1 atom stereocenters. The minimum Gasteiger partial charge on any atom is -0.352 e. The number of carbonyl (C=O) groups excluding carboxylic acids is 1. The third-order valence-corrected chi connectivity index (χ3v) is 4.23. The fourth-order valence-electron chi connectivity index (χ4n) is 2.33. The molecule has 2 N–H and O–H groups in total. The van der Waals surface area contributed by atoms with Gasteiger partial charge in [0.05, 0.1) is 10.6 Å². The van der Waals surface area contributed by atoms with E-state index in [0.29, 0.717) is 23.0 Å². The Morgan fingerprint density at radius 1 is 1.53 bits per heavy atom. The predicted octanol–water partition coefficient (Wildman–Crippen LogP) is 3.22. The maximum absolute atomic E-state index is 12.0. The van der Waals surface area contributed by atoms with Crippen molar-refractivity contribution >= 4 is 33.4 Å². The molecule has 1 amide bonds. The van der Waals surface area contributed by atoms with Crippen molar-refractivity contribution in [3.8, 4) is 0 Å². The van der Waals surface area contributed by atoms with Crippen LogP contribution in [0.4, 0.5) is 0 Å². The number of halogens is 2. The van der Waals surface area contributed by atoms with Gasteiger partial charge in [-0.15, -0.1) is 0 Å². The van der Waals surface area contributed by atoms with Gasteiger partial charge in [0.2, 0.25) is 0 Å². The van der Waals surface area contributed by atoms with Crippen LogP contribution in [0.2, 0.25) is 5.02 Å². The summed E-state index contributed by atoms with van der Waals surface area (Å²) in [7, 11) is 0. The zero-order valence-electron chi connectivity index (χ0n) is 10.7. The highest BCUT2D eigenvalue weighted by Crippen LogP contribution is 2.21. The highest BCUT2D eigenvalue weighted by Gasteiger charge is 2.14. The molecule has 0 aliphatic carbocycles. The molecule has 1 aromatic carbocycles. The number of amides is 1. The monoisotopic (exact) mass is 344 g/mol. The molecule has 0 radical (unpaired) electrons. The van der Waals surface area contributed by atoms with Crippen molar-refractivity contribution in [1.82, 2.24) is 10.6 Å². The van der Waals surface area contributed by atoms with Crippen LogP contribution in [-0.4, -0.2) is 25.5 Å². The molecule has 1 heterocycles. The maximum Gasteiger partial charge on any atom is 0.252 e. The third-order valence-electron chi connectivity index (χ3n) is 3.41. The van der Waals surface area contributed by atoms with Gasteiger partial charge in [0, 0.05) is 11.0 Å². The molecule has 0 aromatic heterocycles. The summed E-state index contributed by atoms with van der Waals surface area (Å²) in [5, 5.41) is 6.81. The quantitative estimate of drug-likeness (QED) is 0.879. The summed E-state index contributed by atoms with van der Waals surface area (Å²) in [6.07, 6.45) is 3.50. The average molecular weight is 346 g/mol. The van der Waals surface area contributed by atoms with Crippen molar-refractivity contribution in [1.29, 1.82) is 0 Å². The highest BCUT2D eigenvalue weighted by atomic mass is 79.9. The Morgan fingerprint density at radius 2 is 2.37 bits per heavy atom. The van der Waals surface area contributed by atoms with E-state index in [9.17, 15) is 4.79 Å². The predicted molar refractivity (Wildman–Crippen MR) is 81.7 cm³/mol. The molecule has 1 aliphatic heterocycles. The number of hydrogen-bond acceptors (Lipinski definition) is 2. The molecule has 19 heavy (non-hydrogen) atoms. The molecule has 5 heteroatoms. The normalized spacial score (nSPS) is 19.2. The number of piperidine rings is 1. The first-order valence-corrected chi connectivity index (χ1v) is 7.78. The van der Waals surface area contributed by atoms with Gasteiger partial charge in [-0.3, -0.25) is 4.79 Å². The van der Waals surface area contributed by atoms with E-state index < -0.39 is 0 Å². The van der Waals surface area contributed by atoms with Crippen LogP contribution in [-0.2, 0) is 0 Å². The van der Waals surface area contributed by atoms with Crippen molar-refractivity contribution < 1.29 is 4.79 Å². The molecule has 1 unspecified atom stereocenters. The molecule has 1 fully saturated rings. The largest absolute Gasteiger partial charge is 0.352 e. The van der Waals surface area contributed by atoms with Crippen molar-refractivity contribution in [2.45, 2.75) is 19.3 Å². The molecule has 3 nitrogen and oxygen atoms in total. The molecule has 1 saturated heterocycles. The molecule has 104 valence electrons. The lowest BCUT2D eigenvalue weighted by atomic mass is 9.96. The van der Waals surface area contributed by atoms with Gasteiger partial charge in [0.15, 0.2) is 0 Å². The standard InChI is InChI=1S/C14H18BrClN2O/c15-11-3-4-13(16)12(8-11)14(19)18-7-5-10-2-1-6-17-9-10/h3-4,8,10,17H,1-2,5-7,9H2,(H,18,19). The second kappa shape index (κ2) is 7.27. The van der Waals surface area contributed by atoms with Crippen LogP contribution in [0.15, 0.2) is 22.7 Å². The number of benzene rings is 1. The van der Waals surface area contributed by atoms with Gasteiger partial charge in [0.25, 0.3) is 5.91 Å². The zero-order valence-corrected chi connectivity index (χ0v) is 13.1. The lowest BCUT2D eigenvalue weighted by Gasteiger charge is -2.22. The van der Waals surface area contributed by atoms with E-state index in [2.05, 4.69) is 26.6 Å². The fourth-order valence-corrected chi connectivity index (χ4v) is 2.89.